The molecule has 0 fully saturated rings. The standard InChI is InChI=1S/C19H25NO.ClH/c1-2-3-5-13-18(20)17-12-8-9-14-19(17)21-15-16-10-6-4-7-11-16;/h4,6-12,14,18H,2-3,5,13,15,20H2,1H3;1H/t18-;/m1./s1. The Morgan fingerprint density at radius 2 is 1.64 bits per heavy atom. The van der Waals surface area contributed by atoms with Gasteiger partial charge in [0.25, 0.3) is 0 Å². The normalized spacial score (nSPS) is 11.5. The highest BCUT2D eigenvalue weighted by Gasteiger charge is 2.11. The summed E-state index contributed by atoms with van der Waals surface area (Å²) in [6.07, 6.45) is 4.64. The quantitative estimate of drug-likeness (QED) is 0.673. The van der Waals surface area contributed by atoms with Crippen molar-refractivity contribution >= 4 is 12.4 Å². The topological polar surface area (TPSA) is 35.2 Å². The van der Waals surface area contributed by atoms with Gasteiger partial charge in [0.2, 0.25) is 0 Å². The minimum absolute atomic E-state index is 0. The van der Waals surface area contributed by atoms with Crippen LogP contribution in [0.4, 0.5) is 0 Å². The molecule has 0 aromatic heterocycles. The summed E-state index contributed by atoms with van der Waals surface area (Å²) < 4.78 is 5.97. The average molecular weight is 320 g/mol. The molecule has 2 aromatic carbocycles. The van der Waals surface area contributed by atoms with Gasteiger partial charge in [-0.3, -0.25) is 0 Å². The predicted octanol–water partition coefficient (Wildman–Crippen LogP) is 5.27. The third-order valence-electron chi connectivity index (χ3n) is 3.67. The van der Waals surface area contributed by atoms with E-state index in [1.165, 1.54) is 24.8 Å². The molecule has 3 heteroatoms. The first kappa shape index (κ1) is 18.5. The van der Waals surface area contributed by atoms with Crippen molar-refractivity contribution in [2.24, 2.45) is 5.73 Å². The third-order valence-corrected chi connectivity index (χ3v) is 3.67. The second kappa shape index (κ2) is 10.3. The van der Waals surface area contributed by atoms with E-state index in [-0.39, 0.29) is 18.4 Å². The van der Waals surface area contributed by atoms with Gasteiger partial charge < -0.3 is 10.5 Å². The van der Waals surface area contributed by atoms with Gasteiger partial charge in [-0.15, -0.1) is 12.4 Å². The molecule has 0 radical (unpaired) electrons. The predicted molar refractivity (Wildman–Crippen MR) is 95.5 cm³/mol. The van der Waals surface area contributed by atoms with Gasteiger partial charge in [0.05, 0.1) is 0 Å². The molecule has 0 unspecified atom stereocenters. The van der Waals surface area contributed by atoms with E-state index in [1.807, 2.05) is 36.4 Å². The number of nitrogens with two attached hydrogens (primary N) is 1. The van der Waals surface area contributed by atoms with Crippen molar-refractivity contribution in [1.29, 1.82) is 0 Å². The molecule has 1 atom stereocenters. The van der Waals surface area contributed by atoms with Crippen LogP contribution in [0.15, 0.2) is 54.6 Å². The Morgan fingerprint density at radius 3 is 2.36 bits per heavy atom. The van der Waals surface area contributed by atoms with Crippen molar-refractivity contribution in [3.05, 3.63) is 65.7 Å². The molecule has 0 saturated heterocycles. The molecule has 22 heavy (non-hydrogen) atoms. The zero-order valence-electron chi connectivity index (χ0n) is 13.2. The maximum Gasteiger partial charge on any atom is 0.124 e. The van der Waals surface area contributed by atoms with Crippen LogP contribution in [-0.4, -0.2) is 0 Å². The van der Waals surface area contributed by atoms with E-state index in [4.69, 9.17) is 10.5 Å². The number of hydrogen-bond donors (Lipinski definition) is 1. The molecule has 2 aromatic rings. The number of rotatable bonds is 8. The first-order valence-electron chi connectivity index (χ1n) is 7.82. The Kier molecular flexibility index (Phi) is 8.64. The zero-order valence-corrected chi connectivity index (χ0v) is 14.0. The summed E-state index contributed by atoms with van der Waals surface area (Å²) in [4.78, 5) is 0. The van der Waals surface area contributed by atoms with Crippen LogP contribution in [0.5, 0.6) is 5.75 Å². The number of para-hydroxylation sites is 1. The lowest BCUT2D eigenvalue weighted by molar-refractivity contribution is 0.300. The van der Waals surface area contributed by atoms with Gasteiger partial charge in [0.1, 0.15) is 12.4 Å². The lowest BCUT2D eigenvalue weighted by atomic mass is 10.0. The van der Waals surface area contributed by atoms with Gasteiger partial charge in [0, 0.05) is 11.6 Å². The smallest absolute Gasteiger partial charge is 0.124 e. The fourth-order valence-corrected chi connectivity index (χ4v) is 2.42. The highest BCUT2D eigenvalue weighted by atomic mass is 35.5. The van der Waals surface area contributed by atoms with Gasteiger partial charge in [-0.05, 0) is 18.1 Å². The van der Waals surface area contributed by atoms with Crippen LogP contribution in [0.1, 0.15) is 49.8 Å². The minimum Gasteiger partial charge on any atom is -0.489 e. The fourth-order valence-electron chi connectivity index (χ4n) is 2.42. The van der Waals surface area contributed by atoms with Crippen molar-refractivity contribution < 1.29 is 4.74 Å². The SMILES string of the molecule is CCCCC[C@@H](N)c1ccccc1OCc1ccccc1.Cl. The van der Waals surface area contributed by atoms with Crippen LogP contribution in [0.2, 0.25) is 0 Å². The highest BCUT2D eigenvalue weighted by molar-refractivity contribution is 5.85. The lowest BCUT2D eigenvalue weighted by Gasteiger charge is -2.17. The van der Waals surface area contributed by atoms with Gasteiger partial charge in [0.15, 0.2) is 0 Å². The summed E-state index contributed by atoms with van der Waals surface area (Å²) in [5, 5.41) is 0. The molecule has 2 rings (SSSR count). The second-order valence-corrected chi connectivity index (χ2v) is 5.41. The number of unbranched alkanes of at least 4 members (excludes halogenated alkanes) is 2. The van der Waals surface area contributed by atoms with Crippen molar-refractivity contribution in [1.82, 2.24) is 0 Å². The van der Waals surface area contributed by atoms with Crippen molar-refractivity contribution in [2.75, 3.05) is 0 Å². The first-order chi connectivity index (χ1) is 10.3. The number of ether oxygens (including phenoxy) is 1. The van der Waals surface area contributed by atoms with Crippen LogP contribution >= 0.6 is 12.4 Å². The summed E-state index contributed by atoms with van der Waals surface area (Å²) in [5.74, 6) is 0.908. The molecular formula is C19H26ClNO. The maximum absolute atomic E-state index is 6.33. The molecule has 2 nitrogen and oxygen atoms in total. The molecule has 0 aliphatic rings. The largest absolute Gasteiger partial charge is 0.489 e. The first-order valence-corrected chi connectivity index (χ1v) is 7.82. The van der Waals surface area contributed by atoms with Crippen LogP contribution in [0, 0.1) is 0 Å². The Morgan fingerprint density at radius 1 is 0.955 bits per heavy atom. The van der Waals surface area contributed by atoms with E-state index >= 15 is 0 Å². The van der Waals surface area contributed by atoms with E-state index in [1.54, 1.807) is 0 Å². The summed E-state index contributed by atoms with van der Waals surface area (Å²) in [6, 6.07) is 18.4. The van der Waals surface area contributed by atoms with Gasteiger partial charge >= 0.3 is 0 Å². The van der Waals surface area contributed by atoms with Gasteiger partial charge in [-0.2, -0.15) is 0 Å². The van der Waals surface area contributed by atoms with Crippen molar-refractivity contribution in [3.63, 3.8) is 0 Å². The Balaban J connectivity index is 0.00000242. The minimum atomic E-state index is 0. The zero-order chi connectivity index (χ0) is 14.9. The second-order valence-electron chi connectivity index (χ2n) is 5.41. The van der Waals surface area contributed by atoms with E-state index < -0.39 is 0 Å². The molecule has 0 heterocycles. The number of hydrogen-bond acceptors (Lipinski definition) is 2. The average Bonchev–Trinajstić information content (AvgIpc) is 2.54. The van der Waals surface area contributed by atoms with Crippen LogP contribution < -0.4 is 10.5 Å². The fraction of sp³-hybridized carbons (Fsp3) is 0.368. The molecule has 0 aliphatic heterocycles. The van der Waals surface area contributed by atoms with Crippen LogP contribution in [0.25, 0.3) is 0 Å². The molecule has 0 saturated carbocycles. The summed E-state index contributed by atoms with van der Waals surface area (Å²) >= 11 is 0. The van der Waals surface area contributed by atoms with E-state index in [0.717, 1.165) is 17.7 Å². The van der Waals surface area contributed by atoms with Crippen molar-refractivity contribution in [3.8, 4) is 5.75 Å². The number of benzene rings is 2. The Labute approximate surface area is 140 Å². The summed E-state index contributed by atoms with van der Waals surface area (Å²) in [6.45, 7) is 2.79. The molecule has 2 N–H and O–H groups in total. The monoisotopic (exact) mass is 319 g/mol. The summed E-state index contributed by atoms with van der Waals surface area (Å²) in [5.41, 5.74) is 8.61. The van der Waals surface area contributed by atoms with E-state index in [2.05, 4.69) is 25.1 Å². The molecular weight excluding hydrogens is 294 g/mol. The number of halogens is 1. The van der Waals surface area contributed by atoms with Gasteiger partial charge in [-0.25, -0.2) is 0 Å². The lowest BCUT2D eigenvalue weighted by Crippen LogP contribution is -2.12. The highest BCUT2D eigenvalue weighted by Crippen LogP contribution is 2.27. The Hall–Kier alpha value is -1.51. The molecule has 0 amide bonds. The van der Waals surface area contributed by atoms with Crippen LogP contribution in [0.3, 0.4) is 0 Å². The third kappa shape index (κ3) is 5.70. The summed E-state index contributed by atoms with van der Waals surface area (Å²) in [7, 11) is 0. The maximum atomic E-state index is 6.33. The Bertz CT molecular complexity index is 530. The molecule has 0 spiro atoms. The van der Waals surface area contributed by atoms with Gasteiger partial charge in [-0.1, -0.05) is 74.7 Å². The van der Waals surface area contributed by atoms with E-state index in [9.17, 15) is 0 Å². The molecule has 0 bridgehead atoms. The van der Waals surface area contributed by atoms with Crippen molar-refractivity contribution in [2.45, 2.75) is 45.3 Å². The van der Waals surface area contributed by atoms with Crippen LogP contribution in [-0.2, 0) is 6.61 Å². The molecule has 120 valence electrons. The van der Waals surface area contributed by atoms with E-state index in [0.29, 0.717) is 6.61 Å². The molecule has 0 aliphatic carbocycles.